The average molecular weight is 390 g/mol. The second kappa shape index (κ2) is 8.01. The Kier molecular flexibility index (Phi) is 5.71. The van der Waals surface area contributed by atoms with E-state index in [1.54, 1.807) is 6.92 Å². The summed E-state index contributed by atoms with van der Waals surface area (Å²) in [7, 11) is -3.49. The maximum absolute atomic E-state index is 12.5. The van der Waals surface area contributed by atoms with Gasteiger partial charge in [0.1, 0.15) is 0 Å². The molecule has 0 aliphatic carbocycles. The van der Waals surface area contributed by atoms with E-state index in [0.717, 1.165) is 12.8 Å². The number of aromatic nitrogens is 2. The normalized spacial score (nSPS) is 15.0. The van der Waals surface area contributed by atoms with Gasteiger partial charge in [0.15, 0.2) is 0 Å². The van der Waals surface area contributed by atoms with Crippen LogP contribution in [-0.2, 0) is 16.6 Å². The number of amides is 1. The largest absolute Gasteiger partial charge is 0.350 e. The Labute approximate surface area is 157 Å². The van der Waals surface area contributed by atoms with Crippen LogP contribution in [0.1, 0.15) is 28.8 Å². The number of nitrogens with zero attached hydrogens (tertiary/aromatic N) is 3. The van der Waals surface area contributed by atoms with Crippen molar-refractivity contribution in [1.82, 2.24) is 19.2 Å². The standard InChI is InChI=1S/C18H22N4O4S/c1-14-12-19-13-21(18(14)24)11-8-20-17(23)15-4-6-16(7-5-15)27(25,26)22-9-2-3-10-22/h4-7,12-13H,2-3,8-11H2,1H3,(H,20,23). The number of carbonyl (C=O) groups excluding carboxylic acids is 1. The zero-order valence-corrected chi connectivity index (χ0v) is 15.9. The van der Waals surface area contributed by atoms with Gasteiger partial charge in [0.05, 0.1) is 11.2 Å². The fourth-order valence-corrected chi connectivity index (χ4v) is 4.48. The molecule has 27 heavy (non-hydrogen) atoms. The Morgan fingerprint density at radius 2 is 1.85 bits per heavy atom. The molecule has 8 nitrogen and oxygen atoms in total. The van der Waals surface area contributed by atoms with Crippen molar-refractivity contribution in [2.45, 2.75) is 31.2 Å². The highest BCUT2D eigenvalue weighted by atomic mass is 32.2. The van der Waals surface area contributed by atoms with Gasteiger partial charge in [0.25, 0.3) is 11.5 Å². The molecule has 1 aliphatic rings. The van der Waals surface area contributed by atoms with Crippen LogP contribution in [0.2, 0.25) is 0 Å². The number of benzene rings is 1. The van der Waals surface area contributed by atoms with Crippen LogP contribution in [0.4, 0.5) is 0 Å². The quantitative estimate of drug-likeness (QED) is 0.785. The molecule has 1 amide bonds. The number of hydrogen-bond donors (Lipinski definition) is 1. The molecule has 0 radical (unpaired) electrons. The van der Waals surface area contributed by atoms with E-state index < -0.39 is 10.0 Å². The highest BCUT2D eigenvalue weighted by molar-refractivity contribution is 7.89. The zero-order chi connectivity index (χ0) is 19.4. The summed E-state index contributed by atoms with van der Waals surface area (Å²) in [5, 5.41) is 2.72. The van der Waals surface area contributed by atoms with Crippen LogP contribution in [0.15, 0.2) is 46.5 Å². The van der Waals surface area contributed by atoms with Crippen molar-refractivity contribution < 1.29 is 13.2 Å². The molecule has 9 heteroatoms. The Morgan fingerprint density at radius 3 is 2.52 bits per heavy atom. The summed E-state index contributed by atoms with van der Waals surface area (Å²) >= 11 is 0. The molecule has 0 spiro atoms. The molecule has 0 bridgehead atoms. The third-order valence-electron chi connectivity index (χ3n) is 4.53. The second-order valence-corrected chi connectivity index (χ2v) is 8.40. The predicted molar refractivity (Wildman–Crippen MR) is 100 cm³/mol. The first kappa shape index (κ1) is 19.2. The smallest absolute Gasteiger partial charge is 0.256 e. The summed E-state index contributed by atoms with van der Waals surface area (Å²) in [4.78, 5) is 28.3. The number of nitrogens with one attached hydrogen (secondary N) is 1. The zero-order valence-electron chi connectivity index (χ0n) is 15.1. The molecule has 2 heterocycles. The van der Waals surface area contributed by atoms with Gasteiger partial charge in [-0.2, -0.15) is 4.31 Å². The third-order valence-corrected chi connectivity index (χ3v) is 6.44. The van der Waals surface area contributed by atoms with Crippen LogP contribution < -0.4 is 10.9 Å². The average Bonchev–Trinajstić information content (AvgIpc) is 3.21. The first-order chi connectivity index (χ1) is 12.9. The summed E-state index contributed by atoms with van der Waals surface area (Å²) in [5.74, 6) is -0.325. The number of hydrogen-bond acceptors (Lipinski definition) is 5. The molecule has 1 aromatic heterocycles. The third kappa shape index (κ3) is 4.25. The SMILES string of the molecule is Cc1cncn(CCNC(=O)c2ccc(S(=O)(=O)N3CCCC3)cc2)c1=O. The fraction of sp³-hybridized carbons (Fsp3) is 0.389. The van der Waals surface area contributed by atoms with Crippen molar-refractivity contribution in [3.63, 3.8) is 0 Å². The molecular formula is C18H22N4O4S. The molecule has 1 N–H and O–H groups in total. The van der Waals surface area contributed by atoms with Gasteiger partial charge in [-0.3, -0.25) is 14.2 Å². The molecular weight excluding hydrogens is 368 g/mol. The van der Waals surface area contributed by atoms with Crippen LogP contribution in [0.25, 0.3) is 0 Å². The highest BCUT2D eigenvalue weighted by Gasteiger charge is 2.27. The van der Waals surface area contributed by atoms with Crippen LogP contribution in [0.3, 0.4) is 0 Å². The molecule has 0 unspecified atom stereocenters. The fourth-order valence-electron chi connectivity index (χ4n) is 2.97. The van der Waals surface area contributed by atoms with Crippen LogP contribution in [0.5, 0.6) is 0 Å². The van der Waals surface area contributed by atoms with Crippen molar-refractivity contribution in [3.8, 4) is 0 Å². The molecule has 1 fully saturated rings. The predicted octanol–water partition coefficient (Wildman–Crippen LogP) is 0.766. The summed E-state index contributed by atoms with van der Waals surface area (Å²) < 4.78 is 27.9. The lowest BCUT2D eigenvalue weighted by atomic mass is 10.2. The summed E-state index contributed by atoms with van der Waals surface area (Å²) in [5.41, 5.74) is 0.763. The van der Waals surface area contributed by atoms with Crippen LogP contribution in [0, 0.1) is 6.92 Å². The van der Waals surface area contributed by atoms with E-state index >= 15 is 0 Å². The lowest BCUT2D eigenvalue weighted by Crippen LogP contribution is -2.31. The van der Waals surface area contributed by atoms with Crippen molar-refractivity contribution in [2.24, 2.45) is 0 Å². The van der Waals surface area contributed by atoms with Crippen LogP contribution >= 0.6 is 0 Å². The maximum Gasteiger partial charge on any atom is 0.256 e. The molecule has 3 rings (SSSR count). The maximum atomic E-state index is 12.5. The van der Waals surface area contributed by atoms with Crippen molar-refractivity contribution in [3.05, 3.63) is 58.3 Å². The van der Waals surface area contributed by atoms with E-state index in [2.05, 4.69) is 10.3 Å². The van der Waals surface area contributed by atoms with Gasteiger partial charge < -0.3 is 5.32 Å². The van der Waals surface area contributed by atoms with E-state index in [1.165, 1.54) is 45.7 Å². The topological polar surface area (TPSA) is 101 Å². The Morgan fingerprint density at radius 1 is 1.19 bits per heavy atom. The molecule has 0 saturated carbocycles. The minimum atomic E-state index is -3.49. The number of carbonyl (C=O) groups is 1. The molecule has 0 atom stereocenters. The van der Waals surface area contributed by atoms with E-state index in [4.69, 9.17) is 0 Å². The van der Waals surface area contributed by atoms with Crippen LogP contribution in [-0.4, -0.2) is 47.8 Å². The van der Waals surface area contributed by atoms with E-state index in [0.29, 0.717) is 30.8 Å². The molecule has 1 aromatic carbocycles. The lowest BCUT2D eigenvalue weighted by Gasteiger charge is -2.15. The van der Waals surface area contributed by atoms with Crippen molar-refractivity contribution in [2.75, 3.05) is 19.6 Å². The highest BCUT2D eigenvalue weighted by Crippen LogP contribution is 2.21. The molecule has 144 valence electrons. The Bertz CT molecular complexity index is 977. The number of sulfonamides is 1. The molecule has 2 aromatic rings. The van der Waals surface area contributed by atoms with Crippen molar-refractivity contribution in [1.29, 1.82) is 0 Å². The van der Waals surface area contributed by atoms with Gasteiger partial charge >= 0.3 is 0 Å². The minimum Gasteiger partial charge on any atom is -0.350 e. The summed E-state index contributed by atoms with van der Waals surface area (Å²) in [6.07, 6.45) is 4.67. The minimum absolute atomic E-state index is 0.143. The lowest BCUT2D eigenvalue weighted by molar-refractivity contribution is 0.0952. The van der Waals surface area contributed by atoms with Gasteiger partial charge in [-0.1, -0.05) is 0 Å². The van der Waals surface area contributed by atoms with E-state index in [-0.39, 0.29) is 22.9 Å². The summed E-state index contributed by atoms with van der Waals surface area (Å²) in [6.45, 7) is 3.33. The van der Waals surface area contributed by atoms with Gasteiger partial charge in [0, 0.05) is 43.5 Å². The van der Waals surface area contributed by atoms with Gasteiger partial charge in [-0.15, -0.1) is 0 Å². The van der Waals surface area contributed by atoms with Gasteiger partial charge in [-0.05, 0) is 44.0 Å². The van der Waals surface area contributed by atoms with Gasteiger partial charge in [-0.25, -0.2) is 13.4 Å². The molecule has 1 saturated heterocycles. The first-order valence-corrected chi connectivity index (χ1v) is 10.2. The number of rotatable bonds is 6. The van der Waals surface area contributed by atoms with Crippen molar-refractivity contribution >= 4 is 15.9 Å². The van der Waals surface area contributed by atoms with E-state index in [1.807, 2.05) is 0 Å². The van der Waals surface area contributed by atoms with Gasteiger partial charge in [0.2, 0.25) is 10.0 Å². The first-order valence-electron chi connectivity index (χ1n) is 8.79. The second-order valence-electron chi connectivity index (χ2n) is 6.47. The molecule has 1 aliphatic heterocycles. The Balaban J connectivity index is 1.60. The Hall–Kier alpha value is -2.52. The monoisotopic (exact) mass is 390 g/mol. The number of aryl methyl sites for hydroxylation is 1. The summed E-state index contributed by atoms with van der Waals surface area (Å²) in [6, 6.07) is 5.91. The van der Waals surface area contributed by atoms with E-state index in [9.17, 15) is 18.0 Å².